The number of esters is 1. The molecule has 0 amide bonds. The van der Waals surface area contributed by atoms with Crippen molar-refractivity contribution in [3.63, 3.8) is 0 Å². The Balaban J connectivity index is 1.29. The molecule has 5 nitrogen and oxygen atoms in total. The molecule has 2 fully saturated rings. The van der Waals surface area contributed by atoms with Crippen molar-refractivity contribution in [2.45, 2.75) is 32.2 Å². The maximum absolute atomic E-state index is 12.3. The van der Waals surface area contributed by atoms with Gasteiger partial charge in [0.15, 0.2) is 6.10 Å². The van der Waals surface area contributed by atoms with Crippen LogP contribution < -0.4 is 4.74 Å². The lowest BCUT2D eigenvalue weighted by Gasteiger charge is -2.15. The van der Waals surface area contributed by atoms with Crippen LogP contribution in [0.3, 0.4) is 0 Å². The Morgan fingerprint density at radius 2 is 1.65 bits per heavy atom. The molecule has 162 valence electrons. The van der Waals surface area contributed by atoms with Crippen LogP contribution in [0, 0.1) is 12.8 Å². The summed E-state index contributed by atoms with van der Waals surface area (Å²) in [6, 6.07) is 15.9. The zero-order chi connectivity index (χ0) is 21.6. The van der Waals surface area contributed by atoms with Gasteiger partial charge < -0.3 is 18.9 Å². The highest BCUT2D eigenvalue weighted by atomic mass is 16.6. The second-order valence-corrected chi connectivity index (χ2v) is 7.84. The van der Waals surface area contributed by atoms with Crippen LogP contribution in [0.15, 0.2) is 60.7 Å². The number of benzene rings is 2. The Kier molecular flexibility index (Phi) is 6.85. The summed E-state index contributed by atoms with van der Waals surface area (Å²) in [6.07, 6.45) is 6.69. The zero-order valence-corrected chi connectivity index (χ0v) is 17.9. The molecule has 5 heteroatoms. The highest BCUT2D eigenvalue weighted by molar-refractivity contribution is 5.87. The van der Waals surface area contributed by atoms with Gasteiger partial charge >= 0.3 is 5.97 Å². The SMILES string of the molecule is CCOc1ccc(/C=C/C(=O)O[C@@H]2CO[C@H]3[C@@H]2OC[C@H]3C=Cc2ccc(C)cc2)cc1. The van der Waals surface area contributed by atoms with Crippen LogP contribution in [0.1, 0.15) is 23.6 Å². The van der Waals surface area contributed by atoms with Gasteiger partial charge in [-0.2, -0.15) is 0 Å². The predicted octanol–water partition coefficient (Wildman–Crippen LogP) is 4.45. The van der Waals surface area contributed by atoms with Crippen LogP contribution in [0.5, 0.6) is 5.75 Å². The maximum atomic E-state index is 12.3. The van der Waals surface area contributed by atoms with E-state index in [1.165, 1.54) is 11.6 Å². The van der Waals surface area contributed by atoms with Crippen molar-refractivity contribution in [3.05, 3.63) is 77.4 Å². The minimum absolute atomic E-state index is 0.0883. The first-order valence-electron chi connectivity index (χ1n) is 10.7. The van der Waals surface area contributed by atoms with Crippen LogP contribution in [-0.2, 0) is 19.0 Å². The van der Waals surface area contributed by atoms with Gasteiger partial charge in [0.2, 0.25) is 0 Å². The van der Waals surface area contributed by atoms with Crippen molar-refractivity contribution in [1.29, 1.82) is 0 Å². The van der Waals surface area contributed by atoms with Gasteiger partial charge in [0.1, 0.15) is 11.9 Å². The normalized spacial score (nSPS) is 25.2. The predicted molar refractivity (Wildman–Crippen MR) is 120 cm³/mol. The van der Waals surface area contributed by atoms with Crippen LogP contribution in [0.2, 0.25) is 0 Å². The number of carbonyl (C=O) groups is 1. The fourth-order valence-corrected chi connectivity index (χ4v) is 3.87. The molecule has 0 aliphatic carbocycles. The van der Waals surface area contributed by atoms with Crippen LogP contribution in [0.4, 0.5) is 0 Å². The summed E-state index contributed by atoms with van der Waals surface area (Å²) in [6.45, 7) is 5.56. The van der Waals surface area contributed by atoms with Crippen LogP contribution >= 0.6 is 0 Å². The van der Waals surface area contributed by atoms with Crippen molar-refractivity contribution in [3.8, 4) is 5.75 Å². The number of ether oxygens (including phenoxy) is 4. The van der Waals surface area contributed by atoms with Gasteiger partial charge in [-0.15, -0.1) is 0 Å². The third-order valence-corrected chi connectivity index (χ3v) is 5.53. The monoisotopic (exact) mass is 420 g/mol. The second kappa shape index (κ2) is 9.94. The van der Waals surface area contributed by atoms with Crippen molar-refractivity contribution in [2.75, 3.05) is 19.8 Å². The lowest BCUT2D eigenvalue weighted by atomic mass is 9.99. The summed E-state index contributed by atoms with van der Waals surface area (Å²) in [5.41, 5.74) is 3.29. The number of fused-ring (bicyclic) bond motifs is 1. The van der Waals surface area contributed by atoms with E-state index in [0.717, 1.165) is 16.9 Å². The third-order valence-electron chi connectivity index (χ3n) is 5.53. The molecule has 2 heterocycles. The molecule has 2 aliphatic rings. The van der Waals surface area contributed by atoms with E-state index in [9.17, 15) is 4.79 Å². The van der Waals surface area contributed by atoms with Crippen LogP contribution in [-0.4, -0.2) is 44.1 Å². The third kappa shape index (κ3) is 5.43. The molecule has 4 atom stereocenters. The lowest BCUT2D eigenvalue weighted by molar-refractivity contribution is -0.147. The molecule has 0 N–H and O–H groups in total. The summed E-state index contributed by atoms with van der Waals surface area (Å²) in [5, 5.41) is 0. The number of hydrogen-bond donors (Lipinski definition) is 0. The molecule has 2 aliphatic heterocycles. The van der Waals surface area contributed by atoms with Crippen molar-refractivity contribution < 1.29 is 23.7 Å². The van der Waals surface area contributed by atoms with E-state index < -0.39 is 5.97 Å². The molecule has 2 aromatic rings. The first-order valence-corrected chi connectivity index (χ1v) is 10.7. The van der Waals surface area contributed by atoms with Crippen molar-refractivity contribution >= 4 is 18.1 Å². The highest BCUT2D eigenvalue weighted by Gasteiger charge is 2.48. The van der Waals surface area contributed by atoms with Gasteiger partial charge in [-0.25, -0.2) is 4.79 Å². The molecule has 0 aromatic heterocycles. The first-order chi connectivity index (χ1) is 15.1. The lowest BCUT2D eigenvalue weighted by Crippen LogP contribution is -2.32. The van der Waals surface area contributed by atoms with E-state index in [-0.39, 0.29) is 24.2 Å². The molecule has 2 aromatic carbocycles. The molecule has 0 bridgehead atoms. The number of hydrogen-bond acceptors (Lipinski definition) is 5. The van der Waals surface area contributed by atoms with Crippen molar-refractivity contribution in [1.82, 2.24) is 0 Å². The summed E-state index contributed by atoms with van der Waals surface area (Å²) in [5.74, 6) is 0.556. The molecule has 31 heavy (non-hydrogen) atoms. The van der Waals surface area contributed by atoms with E-state index in [1.54, 1.807) is 6.08 Å². The standard InChI is InChI=1S/C26H28O5/c1-3-28-22-13-9-20(10-14-22)11-15-24(27)31-23-17-30-25-21(16-29-26(23)25)12-8-19-6-4-18(2)5-7-19/h4-15,21,23,25-26H,3,16-17H2,1-2H3/b12-8?,15-11+/t21-,23-,25-,26-/m1/s1. The van der Waals surface area contributed by atoms with E-state index in [0.29, 0.717) is 19.8 Å². The molecule has 2 saturated heterocycles. The van der Waals surface area contributed by atoms with Gasteiger partial charge in [0.05, 0.1) is 25.9 Å². The fraction of sp³-hybridized carbons (Fsp3) is 0.346. The smallest absolute Gasteiger partial charge is 0.331 e. The minimum Gasteiger partial charge on any atom is -0.494 e. The summed E-state index contributed by atoms with van der Waals surface area (Å²) in [4.78, 5) is 12.3. The summed E-state index contributed by atoms with van der Waals surface area (Å²) in [7, 11) is 0. The molecular formula is C26H28O5. The van der Waals surface area contributed by atoms with Gasteiger partial charge in [-0.05, 0) is 43.2 Å². The molecule has 0 spiro atoms. The zero-order valence-electron chi connectivity index (χ0n) is 17.9. The van der Waals surface area contributed by atoms with Gasteiger partial charge in [-0.1, -0.05) is 54.1 Å². The molecule has 4 rings (SSSR count). The van der Waals surface area contributed by atoms with E-state index in [1.807, 2.05) is 31.2 Å². The Morgan fingerprint density at radius 1 is 0.968 bits per heavy atom. The van der Waals surface area contributed by atoms with Crippen LogP contribution in [0.25, 0.3) is 12.2 Å². The number of aryl methyl sites for hydroxylation is 1. The Bertz CT molecular complexity index is 929. The topological polar surface area (TPSA) is 54.0 Å². The minimum atomic E-state index is -0.398. The quantitative estimate of drug-likeness (QED) is 0.489. The fourth-order valence-electron chi connectivity index (χ4n) is 3.87. The van der Waals surface area contributed by atoms with E-state index in [4.69, 9.17) is 18.9 Å². The van der Waals surface area contributed by atoms with Gasteiger partial charge in [-0.3, -0.25) is 0 Å². The first kappa shape index (κ1) is 21.3. The van der Waals surface area contributed by atoms with E-state index in [2.05, 4.69) is 43.3 Å². The van der Waals surface area contributed by atoms with Crippen molar-refractivity contribution in [2.24, 2.45) is 5.92 Å². The highest BCUT2D eigenvalue weighted by Crippen LogP contribution is 2.34. The Labute approximate surface area is 183 Å². The Hall–Kier alpha value is -2.89. The van der Waals surface area contributed by atoms with E-state index >= 15 is 0 Å². The maximum Gasteiger partial charge on any atom is 0.331 e. The molecular weight excluding hydrogens is 392 g/mol. The van der Waals surface area contributed by atoms with Gasteiger partial charge in [0, 0.05) is 12.0 Å². The molecule has 0 radical (unpaired) electrons. The number of rotatable bonds is 7. The summed E-state index contributed by atoms with van der Waals surface area (Å²) >= 11 is 0. The Morgan fingerprint density at radius 3 is 2.39 bits per heavy atom. The van der Waals surface area contributed by atoms with Gasteiger partial charge in [0.25, 0.3) is 0 Å². The largest absolute Gasteiger partial charge is 0.494 e. The average molecular weight is 421 g/mol. The number of carbonyl (C=O) groups excluding carboxylic acids is 1. The molecule has 0 unspecified atom stereocenters. The average Bonchev–Trinajstić information content (AvgIpc) is 3.36. The second-order valence-electron chi connectivity index (χ2n) is 7.84. The molecule has 0 saturated carbocycles. The summed E-state index contributed by atoms with van der Waals surface area (Å²) < 4.78 is 22.9.